The number of nitrogens with one attached hydrogen (secondary N) is 1. The lowest BCUT2D eigenvalue weighted by molar-refractivity contribution is -0.126. The molecule has 0 spiro atoms. The van der Waals surface area contributed by atoms with Crippen molar-refractivity contribution >= 4 is 27.5 Å². The Morgan fingerprint density at radius 3 is 2.42 bits per heavy atom. The van der Waals surface area contributed by atoms with E-state index in [1.165, 1.54) is 16.4 Å². The second kappa shape index (κ2) is 10.5. The average Bonchev–Trinajstić information content (AvgIpc) is 3.17. The molecule has 2 aliphatic heterocycles. The summed E-state index contributed by atoms with van der Waals surface area (Å²) in [5, 5.41) is 2.93. The highest BCUT2D eigenvalue weighted by molar-refractivity contribution is 7.89. The number of anilines is 1. The molecule has 1 N–H and O–H groups in total. The average molecular weight is 453 g/mol. The van der Waals surface area contributed by atoms with Crippen molar-refractivity contribution in [2.24, 2.45) is 5.92 Å². The molecule has 2 fully saturated rings. The molecule has 0 aliphatic carbocycles. The standard InChI is InChI=1S/C21H32N4O5S/c1-3-24(4-2)31(28,29)19-7-5-18(6-8-19)25-16-17(15-20(25)26)21(27)22-9-10-23-11-13-30-14-12-23/h5-8,17H,3-4,9-16H2,1-2H3,(H,22,27)/t17-/m1/s1. The van der Waals surface area contributed by atoms with E-state index in [2.05, 4.69) is 10.2 Å². The van der Waals surface area contributed by atoms with E-state index in [0.29, 0.717) is 31.9 Å². The van der Waals surface area contributed by atoms with Gasteiger partial charge in [-0.05, 0) is 24.3 Å². The van der Waals surface area contributed by atoms with E-state index in [-0.39, 0.29) is 23.1 Å². The van der Waals surface area contributed by atoms with Gasteiger partial charge in [-0.15, -0.1) is 0 Å². The van der Waals surface area contributed by atoms with E-state index in [0.717, 1.165) is 32.8 Å². The van der Waals surface area contributed by atoms with Gasteiger partial charge in [-0.25, -0.2) is 8.42 Å². The molecule has 0 unspecified atom stereocenters. The molecule has 2 saturated heterocycles. The van der Waals surface area contributed by atoms with Gasteiger partial charge < -0.3 is 15.0 Å². The number of rotatable bonds is 9. The van der Waals surface area contributed by atoms with E-state index >= 15 is 0 Å². The van der Waals surface area contributed by atoms with E-state index in [4.69, 9.17) is 4.74 Å². The van der Waals surface area contributed by atoms with Gasteiger partial charge in [0.15, 0.2) is 0 Å². The largest absolute Gasteiger partial charge is 0.379 e. The Kier molecular flexibility index (Phi) is 8.04. The number of hydrogen-bond acceptors (Lipinski definition) is 6. The Bertz CT molecular complexity index is 864. The molecular formula is C21H32N4O5S. The maximum Gasteiger partial charge on any atom is 0.243 e. The van der Waals surface area contributed by atoms with Crippen LogP contribution in [0.25, 0.3) is 0 Å². The molecule has 2 heterocycles. The number of carbonyl (C=O) groups is 2. The van der Waals surface area contributed by atoms with Crippen LogP contribution in [0.2, 0.25) is 0 Å². The fourth-order valence-electron chi connectivity index (χ4n) is 3.95. The second-order valence-corrected chi connectivity index (χ2v) is 9.67. The molecule has 172 valence electrons. The predicted octanol–water partition coefficient (Wildman–Crippen LogP) is 0.518. The monoisotopic (exact) mass is 452 g/mol. The molecular weight excluding hydrogens is 420 g/mol. The van der Waals surface area contributed by atoms with Gasteiger partial charge in [-0.2, -0.15) is 4.31 Å². The number of benzene rings is 1. The summed E-state index contributed by atoms with van der Waals surface area (Å²) in [5.41, 5.74) is 0.604. The summed E-state index contributed by atoms with van der Waals surface area (Å²) < 4.78 is 32.0. The number of amides is 2. The lowest BCUT2D eigenvalue weighted by Gasteiger charge is -2.26. The molecule has 0 aromatic heterocycles. The van der Waals surface area contributed by atoms with Crippen LogP contribution >= 0.6 is 0 Å². The first-order valence-corrected chi connectivity index (χ1v) is 12.3. The molecule has 2 amide bonds. The lowest BCUT2D eigenvalue weighted by Crippen LogP contribution is -2.42. The zero-order chi connectivity index (χ0) is 22.4. The summed E-state index contributed by atoms with van der Waals surface area (Å²) in [7, 11) is -3.54. The van der Waals surface area contributed by atoms with Crippen LogP contribution in [-0.2, 0) is 24.3 Å². The predicted molar refractivity (Wildman–Crippen MR) is 117 cm³/mol. The normalized spacial score (nSPS) is 20.4. The van der Waals surface area contributed by atoms with Crippen molar-refractivity contribution in [3.63, 3.8) is 0 Å². The van der Waals surface area contributed by atoms with Crippen molar-refractivity contribution in [2.75, 3.05) is 63.9 Å². The number of ether oxygens (including phenoxy) is 1. The SMILES string of the molecule is CCN(CC)S(=O)(=O)c1ccc(N2C[C@H](C(=O)NCCN3CCOCC3)CC2=O)cc1. The van der Waals surface area contributed by atoms with Crippen molar-refractivity contribution in [3.8, 4) is 0 Å². The molecule has 1 aromatic rings. The van der Waals surface area contributed by atoms with Gasteiger partial charge in [-0.1, -0.05) is 13.8 Å². The first-order valence-electron chi connectivity index (χ1n) is 10.8. The van der Waals surface area contributed by atoms with Crippen LogP contribution in [0.15, 0.2) is 29.2 Å². The summed E-state index contributed by atoms with van der Waals surface area (Å²) in [4.78, 5) is 29.0. The highest BCUT2D eigenvalue weighted by Crippen LogP contribution is 2.27. The van der Waals surface area contributed by atoms with Crippen LogP contribution in [-0.4, -0.2) is 88.5 Å². The van der Waals surface area contributed by atoms with Gasteiger partial charge in [0.05, 0.1) is 24.0 Å². The minimum Gasteiger partial charge on any atom is -0.379 e. The minimum atomic E-state index is -3.54. The zero-order valence-electron chi connectivity index (χ0n) is 18.2. The molecule has 0 radical (unpaired) electrons. The van der Waals surface area contributed by atoms with Crippen molar-refractivity contribution in [2.45, 2.75) is 25.2 Å². The Morgan fingerprint density at radius 2 is 1.81 bits per heavy atom. The Morgan fingerprint density at radius 1 is 1.16 bits per heavy atom. The lowest BCUT2D eigenvalue weighted by atomic mass is 10.1. The third-order valence-electron chi connectivity index (χ3n) is 5.82. The van der Waals surface area contributed by atoms with Gasteiger partial charge in [0.1, 0.15) is 0 Å². The fourth-order valence-corrected chi connectivity index (χ4v) is 5.41. The zero-order valence-corrected chi connectivity index (χ0v) is 19.1. The highest BCUT2D eigenvalue weighted by atomic mass is 32.2. The molecule has 1 atom stereocenters. The third-order valence-corrected chi connectivity index (χ3v) is 7.88. The van der Waals surface area contributed by atoms with Crippen LogP contribution in [0.5, 0.6) is 0 Å². The van der Waals surface area contributed by atoms with Gasteiger partial charge in [0.25, 0.3) is 0 Å². The van der Waals surface area contributed by atoms with Crippen molar-refractivity contribution in [1.82, 2.24) is 14.5 Å². The summed E-state index contributed by atoms with van der Waals surface area (Å²) >= 11 is 0. The first-order chi connectivity index (χ1) is 14.9. The van der Waals surface area contributed by atoms with Crippen LogP contribution in [0.1, 0.15) is 20.3 Å². The quantitative estimate of drug-likeness (QED) is 0.587. The number of hydrogen-bond donors (Lipinski definition) is 1. The number of carbonyl (C=O) groups excluding carboxylic acids is 2. The molecule has 9 nitrogen and oxygen atoms in total. The Hall–Kier alpha value is -2.01. The number of nitrogens with zero attached hydrogens (tertiary/aromatic N) is 3. The first kappa shape index (κ1) is 23.6. The van der Waals surface area contributed by atoms with E-state index < -0.39 is 15.9 Å². The Balaban J connectivity index is 1.56. The van der Waals surface area contributed by atoms with E-state index in [1.807, 2.05) is 0 Å². The number of morpholine rings is 1. The third kappa shape index (κ3) is 5.62. The van der Waals surface area contributed by atoms with Gasteiger partial charge in [0.2, 0.25) is 21.8 Å². The topological polar surface area (TPSA) is 99.3 Å². The summed E-state index contributed by atoms with van der Waals surface area (Å²) in [6.07, 6.45) is 0.156. The van der Waals surface area contributed by atoms with E-state index in [9.17, 15) is 18.0 Å². The van der Waals surface area contributed by atoms with Crippen LogP contribution in [0.3, 0.4) is 0 Å². The summed E-state index contributed by atoms with van der Waals surface area (Å²) in [6, 6.07) is 6.30. The molecule has 2 aliphatic rings. The maximum atomic E-state index is 12.6. The molecule has 1 aromatic carbocycles. The summed E-state index contributed by atoms with van der Waals surface area (Å²) in [5.74, 6) is -0.659. The molecule has 0 bridgehead atoms. The van der Waals surface area contributed by atoms with Crippen LogP contribution in [0.4, 0.5) is 5.69 Å². The molecule has 31 heavy (non-hydrogen) atoms. The number of sulfonamides is 1. The van der Waals surface area contributed by atoms with Crippen molar-refractivity contribution < 1.29 is 22.7 Å². The second-order valence-electron chi connectivity index (χ2n) is 7.73. The smallest absolute Gasteiger partial charge is 0.243 e. The Labute approximate surface area is 184 Å². The van der Waals surface area contributed by atoms with Crippen LogP contribution in [0, 0.1) is 5.92 Å². The van der Waals surface area contributed by atoms with Gasteiger partial charge in [0, 0.05) is 57.9 Å². The highest BCUT2D eigenvalue weighted by Gasteiger charge is 2.35. The van der Waals surface area contributed by atoms with Gasteiger partial charge in [-0.3, -0.25) is 14.5 Å². The summed E-state index contributed by atoms with van der Waals surface area (Å²) in [6.45, 7) is 9.16. The van der Waals surface area contributed by atoms with Gasteiger partial charge >= 0.3 is 0 Å². The van der Waals surface area contributed by atoms with Crippen LogP contribution < -0.4 is 10.2 Å². The molecule has 0 saturated carbocycles. The van der Waals surface area contributed by atoms with Crippen molar-refractivity contribution in [3.05, 3.63) is 24.3 Å². The fraction of sp³-hybridized carbons (Fsp3) is 0.619. The maximum absolute atomic E-state index is 12.6. The molecule has 3 rings (SSSR count). The van der Waals surface area contributed by atoms with Crippen molar-refractivity contribution in [1.29, 1.82) is 0 Å². The minimum absolute atomic E-state index is 0.121. The van der Waals surface area contributed by atoms with E-state index in [1.54, 1.807) is 30.9 Å². The molecule has 10 heteroatoms.